The first-order chi connectivity index (χ1) is 13.1. The molecule has 1 saturated heterocycles. The zero-order valence-corrected chi connectivity index (χ0v) is 16.0. The van der Waals surface area contributed by atoms with Gasteiger partial charge in [-0.25, -0.2) is 0 Å². The fraction of sp³-hybridized carbons (Fsp3) is 0.600. The molecule has 27 heavy (non-hydrogen) atoms. The Kier molecular flexibility index (Phi) is 7.06. The Morgan fingerprint density at radius 1 is 1.19 bits per heavy atom. The molecular weight excluding hydrogens is 346 g/mol. The smallest absolute Gasteiger partial charge is 0.265 e. The van der Waals surface area contributed by atoms with Crippen LogP contribution in [-0.4, -0.2) is 69.3 Å². The minimum Gasteiger partial charge on any atom is -0.482 e. The number of fused-ring (bicyclic) bond motifs is 1. The Morgan fingerprint density at radius 3 is 2.81 bits per heavy atom. The normalized spacial score (nSPS) is 17.4. The van der Waals surface area contributed by atoms with Crippen molar-refractivity contribution in [2.75, 3.05) is 57.4 Å². The average Bonchev–Trinajstić information content (AvgIpc) is 2.68. The molecule has 2 aliphatic rings. The van der Waals surface area contributed by atoms with Gasteiger partial charge in [-0.2, -0.15) is 0 Å². The van der Waals surface area contributed by atoms with Crippen LogP contribution in [0.4, 0.5) is 5.69 Å². The molecule has 7 heteroatoms. The first-order valence-electron chi connectivity index (χ1n) is 9.74. The predicted octanol–water partition coefficient (Wildman–Crippen LogP) is 1.34. The largest absolute Gasteiger partial charge is 0.482 e. The van der Waals surface area contributed by atoms with Gasteiger partial charge in [0, 0.05) is 32.6 Å². The van der Waals surface area contributed by atoms with Gasteiger partial charge in [0.15, 0.2) is 6.61 Å². The highest BCUT2D eigenvalue weighted by Crippen LogP contribution is 2.32. The first kappa shape index (κ1) is 19.6. The summed E-state index contributed by atoms with van der Waals surface area (Å²) in [4.78, 5) is 28.3. The molecule has 0 atom stereocenters. The lowest BCUT2D eigenvalue weighted by Crippen LogP contribution is -2.40. The number of morpholine rings is 1. The second-order valence-corrected chi connectivity index (χ2v) is 7.07. The second kappa shape index (κ2) is 9.71. The fourth-order valence-electron chi connectivity index (χ4n) is 3.40. The zero-order valence-electron chi connectivity index (χ0n) is 16.0. The van der Waals surface area contributed by atoms with E-state index >= 15 is 0 Å². The molecule has 3 rings (SSSR count). The van der Waals surface area contributed by atoms with Gasteiger partial charge in [-0.3, -0.25) is 14.5 Å². The van der Waals surface area contributed by atoms with Crippen molar-refractivity contribution in [3.05, 3.63) is 23.8 Å². The number of nitrogens with one attached hydrogen (secondary N) is 1. The first-order valence-corrected chi connectivity index (χ1v) is 9.74. The van der Waals surface area contributed by atoms with Crippen LogP contribution in [0, 0.1) is 6.92 Å². The molecule has 0 aliphatic carbocycles. The van der Waals surface area contributed by atoms with Crippen LogP contribution >= 0.6 is 0 Å². The molecule has 7 nitrogen and oxygen atoms in total. The number of hydrogen-bond donors (Lipinski definition) is 1. The molecule has 1 aromatic carbocycles. The summed E-state index contributed by atoms with van der Waals surface area (Å²) in [7, 11) is 0. The summed E-state index contributed by atoms with van der Waals surface area (Å²) in [5.74, 6) is 0.717. The molecule has 0 unspecified atom stereocenters. The Morgan fingerprint density at radius 2 is 2.00 bits per heavy atom. The third-order valence-corrected chi connectivity index (χ3v) is 4.92. The van der Waals surface area contributed by atoms with Gasteiger partial charge in [-0.15, -0.1) is 0 Å². The highest BCUT2D eigenvalue weighted by atomic mass is 16.5. The van der Waals surface area contributed by atoms with Crippen LogP contribution in [0.3, 0.4) is 0 Å². The quantitative estimate of drug-likeness (QED) is 0.695. The number of carbonyl (C=O) groups excluding carboxylic acids is 2. The fourth-order valence-corrected chi connectivity index (χ4v) is 3.40. The summed E-state index contributed by atoms with van der Waals surface area (Å²) in [5, 5.41) is 2.97. The van der Waals surface area contributed by atoms with Crippen molar-refractivity contribution in [3.8, 4) is 5.75 Å². The number of nitrogens with zero attached hydrogens (tertiary/aromatic N) is 2. The van der Waals surface area contributed by atoms with Crippen molar-refractivity contribution in [3.63, 3.8) is 0 Å². The molecule has 1 N–H and O–H groups in total. The summed E-state index contributed by atoms with van der Waals surface area (Å²) >= 11 is 0. The minimum absolute atomic E-state index is 0.0437. The zero-order chi connectivity index (χ0) is 19.1. The maximum absolute atomic E-state index is 12.2. The van der Waals surface area contributed by atoms with E-state index in [1.165, 1.54) is 0 Å². The number of ether oxygens (including phenoxy) is 2. The van der Waals surface area contributed by atoms with Gasteiger partial charge in [0.05, 0.1) is 18.9 Å². The third kappa shape index (κ3) is 5.68. The predicted molar refractivity (Wildman–Crippen MR) is 103 cm³/mol. The van der Waals surface area contributed by atoms with Gasteiger partial charge in [0.2, 0.25) is 5.91 Å². The van der Waals surface area contributed by atoms with Crippen LogP contribution in [0.1, 0.15) is 24.8 Å². The van der Waals surface area contributed by atoms with Crippen molar-refractivity contribution < 1.29 is 19.1 Å². The van der Waals surface area contributed by atoms with Crippen molar-refractivity contribution in [2.24, 2.45) is 0 Å². The molecule has 2 heterocycles. The van der Waals surface area contributed by atoms with Crippen molar-refractivity contribution in [1.29, 1.82) is 0 Å². The molecule has 0 aromatic heterocycles. The number of carbonyl (C=O) groups is 2. The lowest BCUT2D eigenvalue weighted by molar-refractivity contribution is -0.122. The monoisotopic (exact) mass is 375 g/mol. The van der Waals surface area contributed by atoms with Crippen LogP contribution in [-0.2, 0) is 14.3 Å². The van der Waals surface area contributed by atoms with Crippen LogP contribution in [0.5, 0.6) is 5.75 Å². The molecular formula is C20H29N3O4. The summed E-state index contributed by atoms with van der Waals surface area (Å²) in [6.07, 6.45) is 2.00. The van der Waals surface area contributed by atoms with E-state index < -0.39 is 0 Å². The van der Waals surface area contributed by atoms with E-state index in [4.69, 9.17) is 9.47 Å². The Balaban J connectivity index is 1.36. The van der Waals surface area contributed by atoms with E-state index in [9.17, 15) is 9.59 Å². The molecule has 148 valence electrons. The highest BCUT2D eigenvalue weighted by molar-refractivity contribution is 5.97. The standard InChI is InChI=1S/C20H29N3O4/c1-16-5-6-18-17(14-16)23(20(25)15-27-18)9-2-4-19(24)21-7-3-8-22-10-12-26-13-11-22/h5-6,14H,2-4,7-13,15H2,1H3,(H,21,24). The van der Waals surface area contributed by atoms with E-state index in [1.807, 2.05) is 25.1 Å². The van der Waals surface area contributed by atoms with Crippen LogP contribution in [0.15, 0.2) is 18.2 Å². The SMILES string of the molecule is Cc1ccc2c(c1)N(CCCC(=O)NCCCN1CCOCC1)C(=O)CO2. The average molecular weight is 375 g/mol. The van der Waals surface area contributed by atoms with E-state index in [0.29, 0.717) is 25.9 Å². The summed E-state index contributed by atoms with van der Waals surface area (Å²) < 4.78 is 10.8. The Bertz CT molecular complexity index is 659. The third-order valence-electron chi connectivity index (χ3n) is 4.92. The number of rotatable bonds is 8. The van der Waals surface area contributed by atoms with E-state index in [0.717, 1.165) is 56.3 Å². The van der Waals surface area contributed by atoms with Crippen LogP contribution < -0.4 is 15.0 Å². The summed E-state index contributed by atoms with van der Waals surface area (Å²) in [5.41, 5.74) is 1.88. The van der Waals surface area contributed by atoms with Gasteiger partial charge >= 0.3 is 0 Å². The number of hydrogen-bond acceptors (Lipinski definition) is 5. The van der Waals surface area contributed by atoms with Crippen LogP contribution in [0.25, 0.3) is 0 Å². The lowest BCUT2D eigenvalue weighted by atomic mass is 10.1. The summed E-state index contributed by atoms with van der Waals surface area (Å²) in [6, 6.07) is 5.82. The van der Waals surface area contributed by atoms with Gasteiger partial charge in [0.25, 0.3) is 5.91 Å². The van der Waals surface area contributed by atoms with Gasteiger partial charge in [-0.1, -0.05) is 6.07 Å². The minimum atomic E-state index is -0.0565. The van der Waals surface area contributed by atoms with Crippen LogP contribution in [0.2, 0.25) is 0 Å². The van der Waals surface area contributed by atoms with E-state index in [1.54, 1.807) is 4.90 Å². The summed E-state index contributed by atoms with van der Waals surface area (Å²) in [6.45, 7) is 7.80. The van der Waals surface area contributed by atoms with Crippen molar-refractivity contribution in [1.82, 2.24) is 10.2 Å². The number of benzene rings is 1. The maximum atomic E-state index is 12.2. The topological polar surface area (TPSA) is 71.1 Å². The number of amides is 2. The number of anilines is 1. The maximum Gasteiger partial charge on any atom is 0.265 e. The van der Waals surface area contributed by atoms with Gasteiger partial charge in [0.1, 0.15) is 5.75 Å². The number of aryl methyl sites for hydroxylation is 1. The molecule has 2 aliphatic heterocycles. The van der Waals surface area contributed by atoms with Gasteiger partial charge in [-0.05, 0) is 44.0 Å². The van der Waals surface area contributed by atoms with E-state index in [-0.39, 0.29) is 18.4 Å². The lowest BCUT2D eigenvalue weighted by Gasteiger charge is -2.29. The molecule has 0 radical (unpaired) electrons. The molecule has 0 saturated carbocycles. The Hall–Kier alpha value is -2.12. The van der Waals surface area contributed by atoms with Crippen molar-refractivity contribution >= 4 is 17.5 Å². The van der Waals surface area contributed by atoms with Crippen molar-refractivity contribution in [2.45, 2.75) is 26.2 Å². The van der Waals surface area contributed by atoms with E-state index in [2.05, 4.69) is 10.2 Å². The Labute approximate surface area is 160 Å². The molecule has 1 fully saturated rings. The molecule has 0 spiro atoms. The van der Waals surface area contributed by atoms with Gasteiger partial charge < -0.3 is 19.7 Å². The molecule has 2 amide bonds. The molecule has 1 aromatic rings. The second-order valence-electron chi connectivity index (χ2n) is 7.07. The molecule has 0 bridgehead atoms. The highest BCUT2D eigenvalue weighted by Gasteiger charge is 2.25.